The Morgan fingerprint density at radius 1 is 0.590 bits per heavy atom. The maximum absolute atomic E-state index is 12.9. The lowest BCUT2D eigenvalue weighted by atomic mass is 10.2. The number of hydrogen-bond acceptors (Lipinski definition) is 6. The molecule has 0 bridgehead atoms. The molecule has 0 unspecified atom stereocenters. The van der Waals surface area contributed by atoms with Gasteiger partial charge in [0.05, 0.1) is 0 Å². The SMILES string of the molecule is CCCNC(=S)NCCCN(CCCN(CCCNC(=S)NCCC)C(=O)OC(C)(C)C)C(=O)OC(C)(C)C. The first-order chi connectivity index (χ1) is 18.2. The maximum atomic E-state index is 12.9. The van der Waals surface area contributed by atoms with E-state index in [1.165, 1.54) is 0 Å². The first-order valence-electron chi connectivity index (χ1n) is 14.2. The highest BCUT2D eigenvalue weighted by molar-refractivity contribution is 7.80. The largest absolute Gasteiger partial charge is 0.444 e. The molecule has 2 amide bonds. The predicted octanol–water partition coefficient (Wildman–Crippen LogP) is 4.38. The third-order valence-electron chi connectivity index (χ3n) is 5.01. The van der Waals surface area contributed by atoms with Crippen LogP contribution < -0.4 is 21.3 Å². The number of thiocarbonyl (C=S) groups is 2. The van der Waals surface area contributed by atoms with E-state index in [-0.39, 0.29) is 12.2 Å². The van der Waals surface area contributed by atoms with Crippen LogP contribution in [0.5, 0.6) is 0 Å². The first-order valence-corrected chi connectivity index (χ1v) is 15.0. The van der Waals surface area contributed by atoms with E-state index in [0.717, 1.165) is 25.9 Å². The van der Waals surface area contributed by atoms with Gasteiger partial charge < -0.3 is 40.5 Å². The van der Waals surface area contributed by atoms with Gasteiger partial charge in [0.1, 0.15) is 11.2 Å². The zero-order chi connectivity index (χ0) is 29.9. The van der Waals surface area contributed by atoms with Crippen molar-refractivity contribution in [2.24, 2.45) is 0 Å². The molecule has 0 rings (SSSR count). The molecule has 12 heteroatoms. The van der Waals surface area contributed by atoms with Crippen molar-refractivity contribution in [1.29, 1.82) is 0 Å². The van der Waals surface area contributed by atoms with E-state index >= 15 is 0 Å². The summed E-state index contributed by atoms with van der Waals surface area (Å²) in [7, 11) is 0. The number of carbonyl (C=O) groups excluding carboxylic acids is 2. The molecule has 0 aliphatic heterocycles. The molecule has 0 fully saturated rings. The zero-order valence-corrected chi connectivity index (χ0v) is 27.2. The van der Waals surface area contributed by atoms with Crippen LogP contribution in [0.1, 0.15) is 87.5 Å². The molecular formula is C27H54N6O4S2. The van der Waals surface area contributed by atoms with Crippen molar-refractivity contribution in [2.75, 3.05) is 52.4 Å². The van der Waals surface area contributed by atoms with E-state index in [0.29, 0.717) is 68.8 Å². The molecule has 39 heavy (non-hydrogen) atoms. The normalized spacial score (nSPS) is 11.3. The zero-order valence-electron chi connectivity index (χ0n) is 25.5. The van der Waals surface area contributed by atoms with Crippen molar-refractivity contribution in [1.82, 2.24) is 31.1 Å². The van der Waals surface area contributed by atoms with Crippen LogP contribution in [0.15, 0.2) is 0 Å². The number of ether oxygens (including phenoxy) is 2. The summed E-state index contributed by atoms with van der Waals surface area (Å²) in [5, 5.41) is 13.8. The minimum Gasteiger partial charge on any atom is -0.444 e. The van der Waals surface area contributed by atoms with Gasteiger partial charge in [-0.3, -0.25) is 0 Å². The monoisotopic (exact) mass is 590 g/mol. The smallest absolute Gasteiger partial charge is 0.410 e. The van der Waals surface area contributed by atoms with Crippen LogP contribution in [0.25, 0.3) is 0 Å². The first kappa shape index (κ1) is 36.9. The van der Waals surface area contributed by atoms with Gasteiger partial charge in [0.25, 0.3) is 0 Å². The number of hydrogen-bond donors (Lipinski definition) is 4. The lowest BCUT2D eigenvalue weighted by Gasteiger charge is -2.30. The number of carbonyl (C=O) groups is 2. The Morgan fingerprint density at radius 3 is 1.21 bits per heavy atom. The summed E-state index contributed by atoms with van der Waals surface area (Å²) >= 11 is 10.5. The quantitative estimate of drug-likeness (QED) is 0.153. The second kappa shape index (κ2) is 19.9. The van der Waals surface area contributed by atoms with Gasteiger partial charge >= 0.3 is 12.2 Å². The van der Waals surface area contributed by atoms with E-state index in [4.69, 9.17) is 33.9 Å². The molecule has 228 valence electrons. The maximum Gasteiger partial charge on any atom is 0.410 e. The molecule has 0 atom stereocenters. The molecular weight excluding hydrogens is 536 g/mol. The van der Waals surface area contributed by atoms with Crippen LogP contribution >= 0.6 is 24.4 Å². The summed E-state index contributed by atoms with van der Waals surface area (Å²) in [5.41, 5.74) is -1.19. The minimum absolute atomic E-state index is 0.365. The van der Waals surface area contributed by atoms with Gasteiger partial charge in [0.15, 0.2) is 10.2 Å². The van der Waals surface area contributed by atoms with Crippen LogP contribution in [-0.4, -0.2) is 95.8 Å². The fourth-order valence-corrected chi connectivity index (χ4v) is 3.65. The summed E-state index contributed by atoms with van der Waals surface area (Å²) in [6.07, 6.45) is 3.27. The molecule has 0 aliphatic carbocycles. The number of nitrogens with one attached hydrogen (secondary N) is 4. The molecule has 4 N–H and O–H groups in total. The van der Waals surface area contributed by atoms with Crippen LogP contribution in [-0.2, 0) is 9.47 Å². The summed E-state index contributed by atoms with van der Waals surface area (Å²) in [6, 6.07) is 0. The number of rotatable bonds is 16. The summed E-state index contributed by atoms with van der Waals surface area (Å²) < 4.78 is 11.3. The van der Waals surface area contributed by atoms with Gasteiger partial charge in [-0.25, -0.2) is 9.59 Å². The Balaban J connectivity index is 5.02. The van der Waals surface area contributed by atoms with Gasteiger partial charge in [-0.15, -0.1) is 0 Å². The Kier molecular flexibility index (Phi) is 18.8. The van der Waals surface area contributed by atoms with Gasteiger partial charge in [0, 0.05) is 52.4 Å². The molecule has 0 aromatic rings. The minimum atomic E-state index is -0.596. The highest BCUT2D eigenvalue weighted by atomic mass is 32.1. The summed E-state index contributed by atoms with van der Waals surface area (Å²) in [5.74, 6) is 0. The van der Waals surface area contributed by atoms with Crippen LogP contribution in [0.4, 0.5) is 9.59 Å². The van der Waals surface area contributed by atoms with Gasteiger partial charge in [-0.05, 0) is 98.1 Å². The number of nitrogens with zero attached hydrogens (tertiary/aromatic N) is 2. The summed E-state index contributed by atoms with van der Waals surface area (Å²) in [4.78, 5) is 29.2. The standard InChI is InChI=1S/C27H54N6O4S2/c1-9-14-28-22(38)30-16-11-18-32(24(34)36-26(3,4)5)20-13-21-33(25(35)37-27(6,7)8)19-12-17-31-23(39)29-15-10-2/h9-21H2,1-8H3,(H2,28,30,38)(H2,29,31,39). The molecule has 0 radical (unpaired) electrons. The van der Waals surface area contributed by atoms with Gasteiger partial charge in [-0.2, -0.15) is 0 Å². The second-order valence-electron chi connectivity index (χ2n) is 11.4. The number of amides is 2. The average Bonchev–Trinajstić information content (AvgIpc) is 2.81. The molecule has 10 nitrogen and oxygen atoms in total. The van der Waals surface area contributed by atoms with Crippen molar-refractivity contribution in [2.45, 2.75) is 98.7 Å². The highest BCUT2D eigenvalue weighted by Crippen LogP contribution is 2.13. The van der Waals surface area contributed by atoms with Crippen molar-refractivity contribution in [3.63, 3.8) is 0 Å². The lowest BCUT2D eigenvalue weighted by Crippen LogP contribution is -2.43. The molecule has 0 spiro atoms. The van der Waals surface area contributed by atoms with E-state index in [1.807, 2.05) is 41.5 Å². The van der Waals surface area contributed by atoms with Crippen molar-refractivity contribution < 1.29 is 19.1 Å². The topological polar surface area (TPSA) is 107 Å². The fourth-order valence-electron chi connectivity index (χ4n) is 3.24. The van der Waals surface area contributed by atoms with Crippen molar-refractivity contribution >= 4 is 46.8 Å². The van der Waals surface area contributed by atoms with Gasteiger partial charge in [-0.1, -0.05) is 13.8 Å². The highest BCUT2D eigenvalue weighted by Gasteiger charge is 2.24. The van der Waals surface area contributed by atoms with E-state index in [1.54, 1.807) is 9.80 Å². The van der Waals surface area contributed by atoms with Crippen LogP contribution in [0.2, 0.25) is 0 Å². The van der Waals surface area contributed by atoms with E-state index in [9.17, 15) is 9.59 Å². The third kappa shape index (κ3) is 21.4. The average molecular weight is 591 g/mol. The van der Waals surface area contributed by atoms with E-state index in [2.05, 4.69) is 35.1 Å². The van der Waals surface area contributed by atoms with Crippen LogP contribution in [0, 0.1) is 0 Å². The Labute approximate surface area is 247 Å². The third-order valence-corrected chi connectivity index (χ3v) is 5.59. The Hall–Kier alpha value is -2.08. The van der Waals surface area contributed by atoms with Crippen molar-refractivity contribution in [3.8, 4) is 0 Å². The van der Waals surface area contributed by atoms with E-state index < -0.39 is 11.2 Å². The lowest BCUT2D eigenvalue weighted by molar-refractivity contribution is 0.0203. The molecule has 0 aromatic carbocycles. The molecule has 0 aliphatic rings. The summed E-state index contributed by atoms with van der Waals surface area (Å²) in [6.45, 7) is 20.1. The molecule has 0 aromatic heterocycles. The Bertz CT molecular complexity index is 681. The van der Waals surface area contributed by atoms with Crippen molar-refractivity contribution in [3.05, 3.63) is 0 Å². The molecule has 0 saturated heterocycles. The predicted molar refractivity (Wildman–Crippen MR) is 167 cm³/mol. The van der Waals surface area contributed by atoms with Crippen LogP contribution in [0.3, 0.4) is 0 Å². The second-order valence-corrected chi connectivity index (χ2v) is 12.2. The molecule has 0 saturated carbocycles. The molecule has 0 heterocycles. The Morgan fingerprint density at radius 2 is 0.897 bits per heavy atom. The fraction of sp³-hybridized carbons (Fsp3) is 0.852. The van der Waals surface area contributed by atoms with Gasteiger partial charge in [0.2, 0.25) is 0 Å².